The Morgan fingerprint density at radius 2 is 2.12 bits per heavy atom. The summed E-state index contributed by atoms with van der Waals surface area (Å²) in [4.78, 5) is 0. The Hall–Kier alpha value is -0.600. The third-order valence-corrected chi connectivity index (χ3v) is 3.82. The monoisotopic (exact) mass is 255 g/mol. The van der Waals surface area contributed by atoms with Crippen LogP contribution in [-0.4, -0.2) is 6.54 Å². The summed E-state index contributed by atoms with van der Waals surface area (Å²) < 4.78 is 13.9. The molecule has 1 aliphatic rings. The largest absolute Gasteiger partial charge is 0.310 e. The first kappa shape index (κ1) is 12.8. The summed E-state index contributed by atoms with van der Waals surface area (Å²) in [5.41, 5.74) is 0.728. The average molecular weight is 256 g/mol. The second-order valence-electron chi connectivity index (χ2n) is 4.75. The Morgan fingerprint density at radius 1 is 1.41 bits per heavy atom. The Balaban J connectivity index is 2.27. The van der Waals surface area contributed by atoms with E-state index in [0.717, 1.165) is 12.1 Å². The molecular weight excluding hydrogens is 237 g/mol. The first-order chi connectivity index (χ1) is 8.22. The van der Waals surface area contributed by atoms with Gasteiger partial charge in [0, 0.05) is 16.6 Å². The topological polar surface area (TPSA) is 12.0 Å². The van der Waals surface area contributed by atoms with E-state index >= 15 is 0 Å². The van der Waals surface area contributed by atoms with Gasteiger partial charge in [0.25, 0.3) is 0 Å². The van der Waals surface area contributed by atoms with Crippen molar-refractivity contribution in [1.29, 1.82) is 0 Å². The van der Waals surface area contributed by atoms with Crippen LogP contribution in [0.15, 0.2) is 18.2 Å². The zero-order valence-electron chi connectivity index (χ0n) is 10.2. The predicted molar refractivity (Wildman–Crippen MR) is 69.8 cm³/mol. The van der Waals surface area contributed by atoms with Crippen molar-refractivity contribution < 1.29 is 4.39 Å². The molecule has 0 heterocycles. The van der Waals surface area contributed by atoms with Gasteiger partial charge in [0.05, 0.1) is 0 Å². The van der Waals surface area contributed by atoms with Gasteiger partial charge in [-0.1, -0.05) is 31.4 Å². The average Bonchev–Trinajstić information content (AvgIpc) is 2.83. The molecule has 2 rings (SSSR count). The maximum atomic E-state index is 13.9. The van der Waals surface area contributed by atoms with Gasteiger partial charge in [-0.3, -0.25) is 0 Å². The molecule has 1 aromatic rings. The number of halogens is 2. The third kappa shape index (κ3) is 2.99. The summed E-state index contributed by atoms with van der Waals surface area (Å²) in [6, 6.07) is 4.96. The second kappa shape index (κ2) is 5.83. The van der Waals surface area contributed by atoms with Crippen LogP contribution in [0, 0.1) is 11.7 Å². The molecule has 0 amide bonds. The fourth-order valence-corrected chi connectivity index (χ4v) is 2.97. The van der Waals surface area contributed by atoms with Gasteiger partial charge in [0.15, 0.2) is 0 Å². The molecule has 0 radical (unpaired) electrons. The highest BCUT2D eigenvalue weighted by Crippen LogP contribution is 2.37. The van der Waals surface area contributed by atoms with E-state index in [4.69, 9.17) is 11.6 Å². The lowest BCUT2D eigenvalue weighted by atomic mass is 9.91. The van der Waals surface area contributed by atoms with Gasteiger partial charge >= 0.3 is 0 Å². The van der Waals surface area contributed by atoms with Crippen LogP contribution in [0.4, 0.5) is 4.39 Å². The molecule has 94 valence electrons. The van der Waals surface area contributed by atoms with Crippen LogP contribution in [0.5, 0.6) is 0 Å². The van der Waals surface area contributed by atoms with Gasteiger partial charge in [0.2, 0.25) is 0 Å². The molecule has 0 saturated heterocycles. The quantitative estimate of drug-likeness (QED) is 0.845. The van der Waals surface area contributed by atoms with Crippen LogP contribution < -0.4 is 5.32 Å². The highest BCUT2D eigenvalue weighted by atomic mass is 35.5. The fourth-order valence-electron chi connectivity index (χ4n) is 2.79. The lowest BCUT2D eigenvalue weighted by Gasteiger charge is -2.25. The maximum absolute atomic E-state index is 13.9. The first-order valence-corrected chi connectivity index (χ1v) is 6.78. The van der Waals surface area contributed by atoms with Crippen molar-refractivity contribution in [1.82, 2.24) is 5.32 Å². The van der Waals surface area contributed by atoms with E-state index in [1.807, 2.05) is 0 Å². The van der Waals surface area contributed by atoms with Crippen LogP contribution in [0.25, 0.3) is 0 Å². The molecule has 1 unspecified atom stereocenters. The van der Waals surface area contributed by atoms with Gasteiger partial charge in [-0.15, -0.1) is 0 Å². The SMILES string of the molecule is CCNC(c1cc(Cl)ccc1F)C1CCCC1. The van der Waals surface area contributed by atoms with E-state index in [-0.39, 0.29) is 11.9 Å². The van der Waals surface area contributed by atoms with E-state index in [9.17, 15) is 4.39 Å². The standard InChI is InChI=1S/C14H19ClFN/c1-2-17-14(10-5-3-4-6-10)12-9-11(15)7-8-13(12)16/h7-10,14,17H,2-6H2,1H3. The smallest absolute Gasteiger partial charge is 0.128 e. The molecule has 1 saturated carbocycles. The molecule has 0 bridgehead atoms. The van der Waals surface area contributed by atoms with Gasteiger partial charge in [-0.25, -0.2) is 4.39 Å². The summed E-state index contributed by atoms with van der Waals surface area (Å²) in [6.07, 6.45) is 4.89. The van der Waals surface area contributed by atoms with Crippen molar-refractivity contribution in [2.45, 2.75) is 38.6 Å². The highest BCUT2D eigenvalue weighted by Gasteiger charge is 2.27. The zero-order valence-corrected chi connectivity index (χ0v) is 10.9. The minimum atomic E-state index is -0.146. The van der Waals surface area contributed by atoms with Crippen molar-refractivity contribution in [2.24, 2.45) is 5.92 Å². The van der Waals surface area contributed by atoms with Crippen LogP contribution in [0.2, 0.25) is 5.02 Å². The van der Waals surface area contributed by atoms with E-state index in [2.05, 4.69) is 12.2 Å². The predicted octanol–water partition coefficient (Wildman–Crippen LogP) is 4.32. The Morgan fingerprint density at radius 3 is 2.76 bits per heavy atom. The third-order valence-electron chi connectivity index (χ3n) is 3.59. The summed E-state index contributed by atoms with van der Waals surface area (Å²) in [7, 11) is 0. The number of rotatable bonds is 4. The normalized spacial score (nSPS) is 18.5. The summed E-state index contributed by atoms with van der Waals surface area (Å²) in [5.74, 6) is 0.398. The summed E-state index contributed by atoms with van der Waals surface area (Å²) in [5, 5.41) is 4.02. The van der Waals surface area contributed by atoms with Crippen molar-refractivity contribution in [3.05, 3.63) is 34.6 Å². The van der Waals surface area contributed by atoms with Gasteiger partial charge in [-0.2, -0.15) is 0 Å². The molecule has 0 aliphatic heterocycles. The number of nitrogens with one attached hydrogen (secondary N) is 1. The lowest BCUT2D eigenvalue weighted by molar-refractivity contribution is 0.363. The number of hydrogen-bond acceptors (Lipinski definition) is 1. The summed E-state index contributed by atoms with van der Waals surface area (Å²) in [6.45, 7) is 2.91. The minimum absolute atomic E-state index is 0.112. The van der Waals surface area contributed by atoms with E-state index < -0.39 is 0 Å². The van der Waals surface area contributed by atoms with Gasteiger partial charge in [-0.05, 0) is 43.5 Å². The van der Waals surface area contributed by atoms with E-state index in [1.54, 1.807) is 12.1 Å². The Kier molecular flexibility index (Phi) is 4.41. The molecule has 0 spiro atoms. The van der Waals surface area contributed by atoms with E-state index in [1.165, 1.54) is 31.7 Å². The van der Waals surface area contributed by atoms with Crippen LogP contribution in [0.1, 0.15) is 44.2 Å². The van der Waals surface area contributed by atoms with Crippen molar-refractivity contribution in [3.63, 3.8) is 0 Å². The van der Waals surface area contributed by atoms with Crippen molar-refractivity contribution in [3.8, 4) is 0 Å². The van der Waals surface area contributed by atoms with Crippen LogP contribution in [-0.2, 0) is 0 Å². The molecule has 1 N–H and O–H groups in total. The molecule has 1 aromatic carbocycles. The fraction of sp³-hybridized carbons (Fsp3) is 0.571. The molecule has 1 fully saturated rings. The molecule has 0 aromatic heterocycles. The van der Waals surface area contributed by atoms with Gasteiger partial charge < -0.3 is 5.32 Å². The molecule has 1 aliphatic carbocycles. The number of hydrogen-bond donors (Lipinski definition) is 1. The molecular formula is C14H19ClFN. The molecule has 3 heteroatoms. The minimum Gasteiger partial charge on any atom is -0.310 e. The van der Waals surface area contributed by atoms with Gasteiger partial charge in [0.1, 0.15) is 5.82 Å². The van der Waals surface area contributed by atoms with Crippen LogP contribution in [0.3, 0.4) is 0 Å². The molecule has 1 nitrogen and oxygen atoms in total. The Labute approximate surface area is 107 Å². The number of benzene rings is 1. The second-order valence-corrected chi connectivity index (χ2v) is 5.18. The summed E-state index contributed by atoms with van der Waals surface area (Å²) >= 11 is 5.97. The Bertz CT molecular complexity index is 374. The van der Waals surface area contributed by atoms with E-state index in [0.29, 0.717) is 10.9 Å². The zero-order chi connectivity index (χ0) is 12.3. The maximum Gasteiger partial charge on any atom is 0.128 e. The molecule has 17 heavy (non-hydrogen) atoms. The van der Waals surface area contributed by atoms with Crippen molar-refractivity contribution in [2.75, 3.05) is 6.54 Å². The van der Waals surface area contributed by atoms with Crippen LogP contribution >= 0.6 is 11.6 Å². The molecule has 1 atom stereocenters. The highest BCUT2D eigenvalue weighted by molar-refractivity contribution is 6.30. The van der Waals surface area contributed by atoms with Crippen molar-refractivity contribution >= 4 is 11.6 Å². The first-order valence-electron chi connectivity index (χ1n) is 6.40. The lowest BCUT2D eigenvalue weighted by Crippen LogP contribution is -2.27.